The van der Waals surface area contributed by atoms with Crippen LogP contribution in [0.2, 0.25) is 0 Å². The molecule has 1 aliphatic carbocycles. The molecule has 2 atom stereocenters. The Kier molecular flexibility index (Phi) is 6.38. The van der Waals surface area contributed by atoms with Gasteiger partial charge in [-0.2, -0.15) is 13.9 Å². The molecule has 0 spiro atoms. The third-order valence-electron chi connectivity index (χ3n) is 6.57. The Morgan fingerprint density at radius 2 is 2.08 bits per heavy atom. The molecule has 37 heavy (non-hydrogen) atoms. The molecule has 14 heteroatoms. The predicted molar refractivity (Wildman–Crippen MR) is 124 cm³/mol. The number of nitrogens with one attached hydrogen (secondary N) is 1. The van der Waals surface area contributed by atoms with Gasteiger partial charge in [0.2, 0.25) is 11.8 Å². The summed E-state index contributed by atoms with van der Waals surface area (Å²) in [5, 5.41) is 7.51. The van der Waals surface area contributed by atoms with E-state index in [-0.39, 0.29) is 35.4 Å². The molecule has 1 fully saturated rings. The summed E-state index contributed by atoms with van der Waals surface area (Å²) in [6.45, 7) is -1.35. The second-order valence-electron chi connectivity index (χ2n) is 9.47. The number of fused-ring (bicyclic) bond motifs is 1. The Hall–Kier alpha value is -3.55. The highest BCUT2D eigenvalue weighted by Gasteiger charge is 2.41. The summed E-state index contributed by atoms with van der Waals surface area (Å²) in [6.07, 6.45) is 4.90. The molecule has 1 amide bonds. The van der Waals surface area contributed by atoms with E-state index >= 15 is 0 Å². The predicted octanol–water partition coefficient (Wildman–Crippen LogP) is 2.26. The molecule has 0 aromatic carbocycles. The van der Waals surface area contributed by atoms with E-state index in [1.165, 1.54) is 23.0 Å². The van der Waals surface area contributed by atoms with Crippen LogP contribution in [0.15, 0.2) is 30.7 Å². The maximum Gasteiger partial charge on any atom is 0.388 e. The highest BCUT2D eigenvalue weighted by molar-refractivity contribution is 7.91. The Morgan fingerprint density at radius 1 is 1.27 bits per heavy atom. The summed E-state index contributed by atoms with van der Waals surface area (Å²) in [6, 6.07) is 2.66. The number of pyridine rings is 1. The minimum atomic E-state index is -3.20. The van der Waals surface area contributed by atoms with Crippen LogP contribution < -0.4 is 10.1 Å². The van der Waals surface area contributed by atoms with Crippen molar-refractivity contribution in [2.75, 3.05) is 11.5 Å². The highest BCUT2D eigenvalue weighted by Crippen LogP contribution is 2.35. The van der Waals surface area contributed by atoms with Gasteiger partial charge in [0.05, 0.1) is 41.3 Å². The summed E-state index contributed by atoms with van der Waals surface area (Å²) in [4.78, 5) is 25.3. The van der Waals surface area contributed by atoms with E-state index in [1.54, 1.807) is 6.92 Å². The lowest BCUT2D eigenvalue weighted by Crippen LogP contribution is -2.50. The van der Waals surface area contributed by atoms with Gasteiger partial charge in [-0.3, -0.25) is 9.78 Å². The lowest BCUT2D eigenvalue weighted by atomic mass is 9.85. The quantitative estimate of drug-likeness (QED) is 0.508. The van der Waals surface area contributed by atoms with E-state index in [0.29, 0.717) is 36.5 Å². The first-order valence-corrected chi connectivity index (χ1v) is 13.4. The van der Waals surface area contributed by atoms with Crippen molar-refractivity contribution in [1.82, 2.24) is 30.0 Å². The molecule has 196 valence electrons. The molecule has 3 aromatic rings. The van der Waals surface area contributed by atoms with Crippen molar-refractivity contribution in [2.45, 2.75) is 44.8 Å². The van der Waals surface area contributed by atoms with Gasteiger partial charge in [0.1, 0.15) is 17.2 Å². The van der Waals surface area contributed by atoms with Crippen LogP contribution in [0.3, 0.4) is 0 Å². The molecule has 5 rings (SSSR count). The maximum absolute atomic E-state index is 13.5. The topological polar surface area (TPSA) is 129 Å². The number of rotatable bonds is 6. The molecule has 4 heterocycles. The third-order valence-corrected chi connectivity index (χ3v) is 8.47. The van der Waals surface area contributed by atoms with Crippen LogP contribution in [0.4, 0.5) is 13.2 Å². The SMILES string of the molecule is C[C@]1(NC(=O)[C@@H]2CCc3c(-c4cncc(OC(F)F)n4)nn(-c4ccc(F)cn4)c3C2)CCS(=O)(=O)C1. The monoisotopic (exact) mass is 536 g/mol. The fraction of sp³-hybridized carbons (Fsp3) is 0.435. The standard InChI is InChI=1S/C23H23F3N6O4S/c1-23(6-7-37(34,35)12-23)30-21(33)13-2-4-15-17(8-13)32(18-5-3-14(24)9-28-18)31-20(15)16-10-27-11-19(29-16)36-22(25)26/h3,5,9-11,13,22H,2,4,6-8,12H2,1H3,(H,30,33)/t13-,23+/m1/s1. The second kappa shape index (κ2) is 9.39. The van der Waals surface area contributed by atoms with Crippen molar-refractivity contribution >= 4 is 15.7 Å². The average molecular weight is 537 g/mol. The summed E-state index contributed by atoms with van der Waals surface area (Å²) in [5.74, 6) is -1.43. The molecule has 2 aliphatic rings. The summed E-state index contributed by atoms with van der Waals surface area (Å²) in [5.41, 5.74) is 1.09. The van der Waals surface area contributed by atoms with Gasteiger partial charge in [-0.05, 0) is 38.3 Å². The maximum atomic E-state index is 13.5. The Balaban J connectivity index is 1.49. The van der Waals surface area contributed by atoms with Gasteiger partial charge < -0.3 is 10.1 Å². The number of aromatic nitrogens is 5. The zero-order valence-corrected chi connectivity index (χ0v) is 20.5. The smallest absolute Gasteiger partial charge is 0.388 e. The molecule has 3 aromatic heterocycles. The van der Waals surface area contributed by atoms with Crippen LogP contribution >= 0.6 is 0 Å². The number of halogens is 3. The average Bonchev–Trinajstić information content (AvgIpc) is 3.35. The van der Waals surface area contributed by atoms with Crippen LogP contribution in [-0.2, 0) is 27.5 Å². The van der Waals surface area contributed by atoms with E-state index < -0.39 is 33.7 Å². The van der Waals surface area contributed by atoms with Gasteiger partial charge in [-0.1, -0.05) is 0 Å². The van der Waals surface area contributed by atoms with Crippen LogP contribution in [0.1, 0.15) is 31.0 Å². The molecule has 10 nitrogen and oxygen atoms in total. The van der Waals surface area contributed by atoms with Gasteiger partial charge in [-0.15, -0.1) is 0 Å². The normalized spacial score (nSPS) is 22.6. The van der Waals surface area contributed by atoms with Gasteiger partial charge in [0.25, 0.3) is 0 Å². The van der Waals surface area contributed by atoms with Crippen molar-refractivity contribution in [3.05, 3.63) is 47.8 Å². The molecular weight excluding hydrogens is 513 g/mol. The third kappa shape index (κ3) is 5.29. The first kappa shape index (κ1) is 25.1. The van der Waals surface area contributed by atoms with E-state index in [9.17, 15) is 26.4 Å². The van der Waals surface area contributed by atoms with Crippen LogP contribution in [-0.4, -0.2) is 62.7 Å². The van der Waals surface area contributed by atoms with Gasteiger partial charge in [0.15, 0.2) is 15.7 Å². The molecular formula is C23H23F3N6O4S. The number of sulfone groups is 1. The number of carbonyl (C=O) groups is 1. The van der Waals surface area contributed by atoms with E-state index in [0.717, 1.165) is 18.0 Å². The second-order valence-corrected chi connectivity index (χ2v) is 11.7. The van der Waals surface area contributed by atoms with Crippen LogP contribution in [0, 0.1) is 11.7 Å². The van der Waals surface area contributed by atoms with E-state index in [2.05, 4.69) is 30.1 Å². The minimum Gasteiger partial charge on any atom is -0.415 e. The first-order chi connectivity index (χ1) is 17.5. The van der Waals surface area contributed by atoms with E-state index in [1.807, 2.05) is 0 Å². The molecule has 0 saturated carbocycles. The van der Waals surface area contributed by atoms with Crippen molar-refractivity contribution in [2.24, 2.45) is 5.92 Å². The van der Waals surface area contributed by atoms with E-state index in [4.69, 9.17) is 0 Å². The lowest BCUT2D eigenvalue weighted by Gasteiger charge is -2.29. The summed E-state index contributed by atoms with van der Waals surface area (Å²) < 4.78 is 68.7. The van der Waals surface area contributed by atoms with Crippen molar-refractivity contribution in [3.63, 3.8) is 0 Å². The van der Waals surface area contributed by atoms with Gasteiger partial charge in [-0.25, -0.2) is 27.5 Å². The minimum absolute atomic E-state index is 0.0281. The zero-order valence-electron chi connectivity index (χ0n) is 19.7. The molecule has 1 saturated heterocycles. The number of nitrogens with zero attached hydrogens (tertiary/aromatic N) is 5. The molecule has 0 unspecified atom stereocenters. The summed E-state index contributed by atoms with van der Waals surface area (Å²) >= 11 is 0. The fourth-order valence-corrected chi connectivity index (χ4v) is 6.94. The van der Waals surface area contributed by atoms with Crippen LogP contribution in [0.5, 0.6) is 5.88 Å². The van der Waals surface area contributed by atoms with Crippen molar-refractivity contribution < 1.29 is 31.1 Å². The summed E-state index contributed by atoms with van der Waals surface area (Å²) in [7, 11) is -3.20. The Labute approximate surface area is 210 Å². The van der Waals surface area contributed by atoms with Crippen molar-refractivity contribution in [1.29, 1.82) is 0 Å². The number of carbonyl (C=O) groups excluding carboxylic acids is 1. The fourth-order valence-electron chi connectivity index (χ4n) is 4.84. The Bertz CT molecular complexity index is 1450. The van der Waals surface area contributed by atoms with Gasteiger partial charge in [0, 0.05) is 17.9 Å². The Morgan fingerprint density at radius 3 is 2.76 bits per heavy atom. The number of ether oxygens (including phenoxy) is 1. The number of hydrogen-bond acceptors (Lipinski definition) is 8. The first-order valence-electron chi connectivity index (χ1n) is 11.5. The molecule has 0 bridgehead atoms. The van der Waals surface area contributed by atoms with Gasteiger partial charge >= 0.3 is 6.61 Å². The molecule has 0 radical (unpaired) electrons. The molecule has 1 aliphatic heterocycles. The molecule has 1 N–H and O–H groups in total. The number of hydrogen-bond donors (Lipinski definition) is 1. The van der Waals surface area contributed by atoms with Crippen molar-refractivity contribution in [3.8, 4) is 23.1 Å². The lowest BCUT2D eigenvalue weighted by molar-refractivity contribution is -0.126. The largest absolute Gasteiger partial charge is 0.415 e. The number of amides is 1. The zero-order chi connectivity index (χ0) is 26.4. The van der Waals surface area contributed by atoms with Crippen LogP contribution in [0.25, 0.3) is 17.2 Å². The highest BCUT2D eigenvalue weighted by atomic mass is 32.2. The number of alkyl halides is 2.